The maximum atomic E-state index is 10.6. The van der Waals surface area contributed by atoms with E-state index >= 15 is 0 Å². The summed E-state index contributed by atoms with van der Waals surface area (Å²) in [5.74, 6) is 1.64. The lowest BCUT2D eigenvalue weighted by Crippen LogP contribution is -1.96. The van der Waals surface area contributed by atoms with Crippen LogP contribution in [-0.2, 0) is 13.0 Å². The van der Waals surface area contributed by atoms with Gasteiger partial charge in [0.1, 0.15) is 12.0 Å². The highest BCUT2D eigenvalue weighted by atomic mass is 79.9. The molecule has 1 heterocycles. The third kappa shape index (κ3) is 2.95. The van der Waals surface area contributed by atoms with Gasteiger partial charge in [-0.3, -0.25) is 4.79 Å². The summed E-state index contributed by atoms with van der Waals surface area (Å²) in [6, 6.07) is 5.08. The van der Waals surface area contributed by atoms with Gasteiger partial charge >= 0.3 is 0 Å². The molecule has 0 bridgehead atoms. The Morgan fingerprint density at radius 2 is 2.17 bits per heavy atom. The molecule has 2 aromatic rings. The Bertz CT molecular complexity index is 554. The first-order chi connectivity index (χ1) is 8.72. The quantitative estimate of drug-likeness (QED) is 0.794. The predicted molar refractivity (Wildman–Crippen MR) is 67.5 cm³/mol. The molecule has 0 aliphatic rings. The van der Waals surface area contributed by atoms with Gasteiger partial charge in [0.2, 0.25) is 5.89 Å². The number of carbonyl (C=O) groups excluding carboxylic acids is 1. The minimum absolute atomic E-state index is 0.200. The van der Waals surface area contributed by atoms with E-state index < -0.39 is 0 Å². The van der Waals surface area contributed by atoms with Crippen molar-refractivity contribution in [2.45, 2.75) is 20.0 Å². The number of nitrogens with zero attached hydrogens (tertiary/aromatic N) is 2. The van der Waals surface area contributed by atoms with Gasteiger partial charge in [-0.1, -0.05) is 6.92 Å². The van der Waals surface area contributed by atoms with Crippen molar-refractivity contribution >= 4 is 22.2 Å². The summed E-state index contributed by atoms with van der Waals surface area (Å²) >= 11 is 3.33. The van der Waals surface area contributed by atoms with Crippen molar-refractivity contribution in [2.75, 3.05) is 0 Å². The average Bonchev–Trinajstić information content (AvgIpc) is 2.85. The minimum Gasteiger partial charge on any atom is -0.483 e. The molecular formula is C12H11BrN2O3. The molecular weight excluding hydrogens is 300 g/mol. The second-order valence-electron chi connectivity index (χ2n) is 3.54. The van der Waals surface area contributed by atoms with E-state index in [-0.39, 0.29) is 6.61 Å². The van der Waals surface area contributed by atoms with E-state index in [0.717, 1.165) is 6.29 Å². The van der Waals surface area contributed by atoms with Gasteiger partial charge in [-0.15, -0.1) is 10.2 Å². The fourth-order valence-corrected chi connectivity index (χ4v) is 1.85. The number of hydrogen-bond acceptors (Lipinski definition) is 5. The van der Waals surface area contributed by atoms with Crippen molar-refractivity contribution in [1.82, 2.24) is 10.2 Å². The first-order valence-electron chi connectivity index (χ1n) is 5.41. The Labute approximate surface area is 112 Å². The highest BCUT2D eigenvalue weighted by Crippen LogP contribution is 2.26. The van der Waals surface area contributed by atoms with E-state index in [4.69, 9.17) is 9.15 Å². The highest BCUT2D eigenvalue weighted by molar-refractivity contribution is 9.10. The number of benzene rings is 1. The third-order valence-corrected chi connectivity index (χ3v) is 2.87. The number of aryl methyl sites for hydroxylation is 1. The molecule has 0 saturated heterocycles. The van der Waals surface area contributed by atoms with Crippen molar-refractivity contribution in [1.29, 1.82) is 0 Å². The predicted octanol–water partition coefficient (Wildman–Crippen LogP) is 2.79. The molecule has 0 fully saturated rings. The SMILES string of the molecule is CCc1nnc(COc2ccc(C=O)cc2Br)o1. The summed E-state index contributed by atoms with van der Waals surface area (Å²) in [4.78, 5) is 10.6. The molecule has 6 heteroatoms. The van der Waals surface area contributed by atoms with Crippen LogP contribution in [0.15, 0.2) is 27.1 Å². The van der Waals surface area contributed by atoms with Gasteiger partial charge < -0.3 is 9.15 Å². The molecule has 18 heavy (non-hydrogen) atoms. The molecule has 0 N–H and O–H groups in total. The zero-order valence-corrected chi connectivity index (χ0v) is 11.3. The summed E-state index contributed by atoms with van der Waals surface area (Å²) < 4.78 is 11.6. The zero-order valence-electron chi connectivity index (χ0n) is 9.72. The van der Waals surface area contributed by atoms with Gasteiger partial charge in [0.05, 0.1) is 4.47 Å². The Kier molecular flexibility index (Phi) is 4.09. The van der Waals surface area contributed by atoms with Gasteiger partial charge in [0.15, 0.2) is 6.61 Å². The molecule has 2 rings (SSSR count). The fourth-order valence-electron chi connectivity index (χ4n) is 1.34. The first kappa shape index (κ1) is 12.8. The lowest BCUT2D eigenvalue weighted by atomic mass is 10.2. The van der Waals surface area contributed by atoms with E-state index in [2.05, 4.69) is 26.1 Å². The van der Waals surface area contributed by atoms with Crippen LogP contribution in [-0.4, -0.2) is 16.5 Å². The number of hydrogen-bond donors (Lipinski definition) is 0. The van der Waals surface area contributed by atoms with Gasteiger partial charge in [0.25, 0.3) is 5.89 Å². The molecule has 0 atom stereocenters. The first-order valence-corrected chi connectivity index (χ1v) is 6.21. The van der Waals surface area contributed by atoms with E-state index in [1.54, 1.807) is 18.2 Å². The van der Waals surface area contributed by atoms with Crippen molar-refractivity contribution in [3.63, 3.8) is 0 Å². The Balaban J connectivity index is 2.03. The van der Waals surface area contributed by atoms with E-state index in [9.17, 15) is 4.79 Å². The number of aldehydes is 1. The second kappa shape index (κ2) is 5.77. The van der Waals surface area contributed by atoms with Crippen LogP contribution in [0.4, 0.5) is 0 Å². The van der Waals surface area contributed by atoms with E-state index in [0.29, 0.717) is 34.0 Å². The van der Waals surface area contributed by atoms with Crippen LogP contribution in [0, 0.1) is 0 Å². The van der Waals surface area contributed by atoms with Gasteiger partial charge in [-0.05, 0) is 34.1 Å². The largest absolute Gasteiger partial charge is 0.483 e. The lowest BCUT2D eigenvalue weighted by molar-refractivity contribution is 0.112. The minimum atomic E-state index is 0.200. The van der Waals surface area contributed by atoms with Crippen molar-refractivity contribution in [3.8, 4) is 5.75 Å². The summed E-state index contributed by atoms with van der Waals surface area (Å²) in [7, 11) is 0. The van der Waals surface area contributed by atoms with Crippen LogP contribution in [0.1, 0.15) is 29.1 Å². The highest BCUT2D eigenvalue weighted by Gasteiger charge is 2.07. The summed E-state index contributed by atoms with van der Waals surface area (Å²) in [6.07, 6.45) is 1.48. The number of ether oxygens (including phenoxy) is 1. The van der Waals surface area contributed by atoms with Crippen molar-refractivity contribution < 1.29 is 13.9 Å². The zero-order chi connectivity index (χ0) is 13.0. The molecule has 0 unspecified atom stereocenters. The Hall–Kier alpha value is -1.69. The molecule has 0 radical (unpaired) electrons. The fraction of sp³-hybridized carbons (Fsp3) is 0.250. The average molecular weight is 311 g/mol. The molecule has 0 spiro atoms. The molecule has 1 aromatic carbocycles. The molecule has 0 aliphatic carbocycles. The maximum Gasteiger partial charge on any atom is 0.253 e. The van der Waals surface area contributed by atoms with Gasteiger partial charge in [-0.25, -0.2) is 0 Å². The maximum absolute atomic E-state index is 10.6. The number of carbonyl (C=O) groups is 1. The van der Waals surface area contributed by atoms with E-state index in [1.807, 2.05) is 6.92 Å². The van der Waals surface area contributed by atoms with Crippen LogP contribution in [0.5, 0.6) is 5.75 Å². The number of aromatic nitrogens is 2. The molecule has 0 saturated carbocycles. The Morgan fingerprint density at radius 1 is 1.39 bits per heavy atom. The molecule has 94 valence electrons. The summed E-state index contributed by atoms with van der Waals surface area (Å²) in [6.45, 7) is 2.14. The topological polar surface area (TPSA) is 65.2 Å². The standard InChI is InChI=1S/C12H11BrN2O3/c1-2-11-14-15-12(18-11)7-17-10-4-3-8(6-16)5-9(10)13/h3-6H,2,7H2,1H3. The number of halogens is 1. The van der Waals surface area contributed by atoms with Gasteiger partial charge in [0, 0.05) is 12.0 Å². The number of rotatable bonds is 5. The Morgan fingerprint density at radius 3 is 2.78 bits per heavy atom. The van der Waals surface area contributed by atoms with Crippen molar-refractivity contribution in [2.24, 2.45) is 0 Å². The van der Waals surface area contributed by atoms with Crippen LogP contribution in [0.3, 0.4) is 0 Å². The van der Waals surface area contributed by atoms with Gasteiger partial charge in [-0.2, -0.15) is 0 Å². The summed E-state index contributed by atoms with van der Waals surface area (Å²) in [5.41, 5.74) is 0.584. The van der Waals surface area contributed by atoms with Crippen LogP contribution in [0.2, 0.25) is 0 Å². The second-order valence-corrected chi connectivity index (χ2v) is 4.39. The normalized spacial score (nSPS) is 10.3. The molecule has 1 aromatic heterocycles. The molecule has 0 aliphatic heterocycles. The monoisotopic (exact) mass is 310 g/mol. The lowest BCUT2D eigenvalue weighted by Gasteiger charge is -2.05. The third-order valence-electron chi connectivity index (χ3n) is 2.25. The smallest absolute Gasteiger partial charge is 0.253 e. The van der Waals surface area contributed by atoms with Crippen LogP contribution < -0.4 is 4.74 Å². The van der Waals surface area contributed by atoms with E-state index in [1.165, 1.54) is 0 Å². The van der Waals surface area contributed by atoms with Crippen LogP contribution in [0.25, 0.3) is 0 Å². The molecule has 5 nitrogen and oxygen atoms in total. The van der Waals surface area contributed by atoms with Crippen LogP contribution >= 0.6 is 15.9 Å². The van der Waals surface area contributed by atoms with Crippen molar-refractivity contribution in [3.05, 3.63) is 40.0 Å². The molecule has 0 amide bonds. The summed E-state index contributed by atoms with van der Waals surface area (Å²) in [5, 5.41) is 7.69.